The molecule has 0 radical (unpaired) electrons. The van der Waals surface area contributed by atoms with Gasteiger partial charge in [-0.15, -0.1) is 0 Å². The summed E-state index contributed by atoms with van der Waals surface area (Å²) in [7, 11) is 4.31. The van der Waals surface area contributed by atoms with Crippen molar-refractivity contribution in [3.8, 4) is 0 Å². The second-order valence-corrected chi connectivity index (χ2v) is 6.35. The van der Waals surface area contributed by atoms with Crippen LogP contribution in [0.2, 0.25) is 0 Å². The number of likely N-dealkylation sites (N-methyl/N-ethyl adjacent to an activating group) is 1. The lowest BCUT2D eigenvalue weighted by Crippen LogP contribution is -2.53. The van der Waals surface area contributed by atoms with Crippen LogP contribution in [0.25, 0.3) is 0 Å². The molecule has 0 amide bonds. The van der Waals surface area contributed by atoms with Crippen molar-refractivity contribution in [3.63, 3.8) is 0 Å². The Kier molecular flexibility index (Phi) is 6.65. The predicted octanol–water partition coefficient (Wildman–Crippen LogP) is 3.83. The van der Waals surface area contributed by atoms with E-state index in [1.165, 1.54) is 51.4 Å². The molecule has 1 fully saturated rings. The molecule has 0 aromatic carbocycles. The van der Waals surface area contributed by atoms with E-state index < -0.39 is 0 Å². The van der Waals surface area contributed by atoms with Gasteiger partial charge in [0.15, 0.2) is 0 Å². The molecule has 0 bridgehead atoms. The van der Waals surface area contributed by atoms with Gasteiger partial charge in [0.1, 0.15) is 0 Å². The lowest BCUT2D eigenvalue weighted by atomic mass is 9.78. The van der Waals surface area contributed by atoms with E-state index in [2.05, 4.69) is 32.8 Å². The van der Waals surface area contributed by atoms with Crippen LogP contribution in [0.3, 0.4) is 0 Å². The van der Waals surface area contributed by atoms with E-state index in [9.17, 15) is 5.11 Å². The van der Waals surface area contributed by atoms with E-state index in [1.54, 1.807) is 0 Å². The summed E-state index contributed by atoms with van der Waals surface area (Å²) in [6, 6.07) is 0. The van der Waals surface area contributed by atoms with Crippen molar-refractivity contribution in [1.82, 2.24) is 4.90 Å². The van der Waals surface area contributed by atoms with Crippen LogP contribution in [-0.2, 0) is 0 Å². The first kappa shape index (κ1) is 16.0. The molecule has 1 rings (SSSR count). The highest BCUT2D eigenvalue weighted by atomic mass is 16.3. The summed E-state index contributed by atoms with van der Waals surface area (Å²) in [6.07, 6.45) is 10.8. The highest BCUT2D eigenvalue weighted by Crippen LogP contribution is 2.36. The minimum absolute atomic E-state index is 0.0408. The summed E-state index contributed by atoms with van der Waals surface area (Å²) in [4.78, 5) is 2.31. The monoisotopic (exact) mass is 255 g/mol. The molecule has 108 valence electrons. The number of nitrogens with zero attached hydrogens (tertiary/aromatic N) is 1. The first-order valence-electron chi connectivity index (χ1n) is 7.92. The molecule has 1 aliphatic carbocycles. The highest BCUT2D eigenvalue weighted by molar-refractivity contribution is 4.96. The number of aliphatic hydroxyl groups is 1. The maximum Gasteiger partial charge on any atom is 0.0726 e. The van der Waals surface area contributed by atoms with Crippen LogP contribution in [0.5, 0.6) is 0 Å². The summed E-state index contributed by atoms with van der Waals surface area (Å²) < 4.78 is 0. The van der Waals surface area contributed by atoms with Gasteiger partial charge >= 0.3 is 0 Å². The zero-order valence-electron chi connectivity index (χ0n) is 12.9. The Hall–Kier alpha value is -0.0800. The van der Waals surface area contributed by atoms with Gasteiger partial charge < -0.3 is 10.0 Å². The van der Waals surface area contributed by atoms with Crippen molar-refractivity contribution < 1.29 is 5.11 Å². The van der Waals surface area contributed by atoms with Crippen LogP contribution >= 0.6 is 0 Å². The Balaban J connectivity index is 2.75. The molecule has 0 aliphatic heterocycles. The average Bonchev–Trinajstić information content (AvgIpc) is 2.62. The van der Waals surface area contributed by atoms with Crippen LogP contribution in [0.4, 0.5) is 0 Å². The van der Waals surface area contributed by atoms with Gasteiger partial charge in [-0.1, -0.05) is 52.4 Å². The van der Waals surface area contributed by atoms with Gasteiger partial charge in [0.2, 0.25) is 0 Å². The van der Waals surface area contributed by atoms with Crippen molar-refractivity contribution in [1.29, 1.82) is 0 Å². The van der Waals surface area contributed by atoms with E-state index in [1.807, 2.05) is 0 Å². The van der Waals surface area contributed by atoms with Crippen molar-refractivity contribution in [3.05, 3.63) is 0 Å². The molecule has 0 spiro atoms. The van der Waals surface area contributed by atoms with Crippen molar-refractivity contribution in [2.75, 3.05) is 14.1 Å². The fraction of sp³-hybridized carbons (Fsp3) is 1.00. The molecular formula is C16H33NO. The van der Waals surface area contributed by atoms with Crippen LogP contribution in [-0.4, -0.2) is 35.7 Å². The van der Waals surface area contributed by atoms with E-state index in [-0.39, 0.29) is 11.6 Å². The van der Waals surface area contributed by atoms with Crippen LogP contribution in [0.1, 0.15) is 71.6 Å². The van der Waals surface area contributed by atoms with Gasteiger partial charge in [0.25, 0.3) is 0 Å². The Morgan fingerprint density at radius 1 is 1.00 bits per heavy atom. The molecule has 1 atom stereocenters. The normalized spacial score (nSPS) is 22.2. The minimum Gasteiger partial charge on any atom is -0.391 e. The minimum atomic E-state index is -0.157. The third-order valence-corrected chi connectivity index (χ3v) is 5.19. The fourth-order valence-electron chi connectivity index (χ4n) is 3.58. The molecule has 1 aliphatic rings. The van der Waals surface area contributed by atoms with Gasteiger partial charge in [-0.05, 0) is 39.3 Å². The smallest absolute Gasteiger partial charge is 0.0726 e. The zero-order valence-corrected chi connectivity index (χ0v) is 12.9. The van der Waals surface area contributed by atoms with Crippen LogP contribution in [0.15, 0.2) is 0 Å². The van der Waals surface area contributed by atoms with Gasteiger partial charge in [0, 0.05) is 5.54 Å². The number of aliphatic hydroxyl groups excluding tert-OH is 1. The number of hydrogen-bond acceptors (Lipinski definition) is 2. The molecule has 0 aromatic rings. The summed E-state index contributed by atoms with van der Waals surface area (Å²) in [5.74, 6) is 0.681. The summed E-state index contributed by atoms with van der Waals surface area (Å²) >= 11 is 0. The predicted molar refractivity (Wildman–Crippen MR) is 78.8 cm³/mol. The van der Waals surface area contributed by atoms with Crippen LogP contribution < -0.4 is 0 Å². The average molecular weight is 255 g/mol. The molecule has 1 saturated carbocycles. The molecule has 1 unspecified atom stereocenters. The standard InChI is InChI=1S/C16H33NO/c1-5-14(6-2)13-15(18)16(17(3)4)11-9-7-8-10-12-16/h14-15,18H,5-13H2,1-4H3. The molecule has 0 saturated heterocycles. The second-order valence-electron chi connectivity index (χ2n) is 6.35. The largest absolute Gasteiger partial charge is 0.391 e. The van der Waals surface area contributed by atoms with Gasteiger partial charge in [-0.25, -0.2) is 0 Å². The second kappa shape index (κ2) is 7.49. The number of hydrogen-bond donors (Lipinski definition) is 1. The third kappa shape index (κ3) is 3.71. The quantitative estimate of drug-likeness (QED) is 0.729. The van der Waals surface area contributed by atoms with Gasteiger partial charge in [0.05, 0.1) is 6.10 Å². The topological polar surface area (TPSA) is 23.5 Å². The number of rotatable bonds is 6. The van der Waals surface area contributed by atoms with Crippen molar-refractivity contribution in [2.45, 2.75) is 83.3 Å². The Bertz CT molecular complexity index is 215. The molecule has 1 N–H and O–H groups in total. The van der Waals surface area contributed by atoms with Crippen LogP contribution in [0, 0.1) is 5.92 Å². The summed E-state index contributed by atoms with van der Waals surface area (Å²) in [5, 5.41) is 10.8. The molecule has 0 aromatic heterocycles. The fourth-order valence-corrected chi connectivity index (χ4v) is 3.58. The van der Waals surface area contributed by atoms with Crippen molar-refractivity contribution >= 4 is 0 Å². The maximum absolute atomic E-state index is 10.8. The van der Waals surface area contributed by atoms with Gasteiger partial charge in [-0.3, -0.25) is 0 Å². The zero-order chi connectivity index (χ0) is 13.6. The lowest BCUT2D eigenvalue weighted by Gasteiger charge is -2.44. The van der Waals surface area contributed by atoms with E-state index in [0.717, 1.165) is 6.42 Å². The molecule has 18 heavy (non-hydrogen) atoms. The Morgan fingerprint density at radius 3 is 1.89 bits per heavy atom. The Labute approximate surface area is 114 Å². The first-order chi connectivity index (χ1) is 8.56. The first-order valence-corrected chi connectivity index (χ1v) is 7.92. The molecule has 0 heterocycles. The summed E-state index contributed by atoms with van der Waals surface area (Å²) in [5.41, 5.74) is 0.0408. The van der Waals surface area contributed by atoms with Gasteiger partial charge in [-0.2, -0.15) is 0 Å². The Morgan fingerprint density at radius 2 is 1.50 bits per heavy atom. The summed E-state index contributed by atoms with van der Waals surface area (Å²) in [6.45, 7) is 4.49. The molecular weight excluding hydrogens is 222 g/mol. The third-order valence-electron chi connectivity index (χ3n) is 5.19. The van der Waals surface area contributed by atoms with E-state index in [0.29, 0.717) is 5.92 Å². The lowest BCUT2D eigenvalue weighted by molar-refractivity contribution is -0.0311. The van der Waals surface area contributed by atoms with E-state index in [4.69, 9.17) is 0 Å². The SMILES string of the molecule is CCC(CC)CC(O)C1(N(C)C)CCCCCC1. The maximum atomic E-state index is 10.8. The molecule has 2 nitrogen and oxygen atoms in total. The van der Waals surface area contributed by atoms with E-state index >= 15 is 0 Å². The van der Waals surface area contributed by atoms with Crippen molar-refractivity contribution in [2.24, 2.45) is 5.92 Å². The highest BCUT2D eigenvalue weighted by Gasteiger charge is 2.40. The molecule has 2 heteroatoms.